The van der Waals surface area contributed by atoms with Crippen molar-refractivity contribution in [1.82, 2.24) is 14.8 Å². The predicted octanol–water partition coefficient (Wildman–Crippen LogP) is 5.23. The second-order valence-corrected chi connectivity index (χ2v) is 8.52. The molecule has 1 fully saturated rings. The zero-order chi connectivity index (χ0) is 21.6. The van der Waals surface area contributed by atoms with Crippen molar-refractivity contribution in [3.63, 3.8) is 0 Å². The number of amides is 1. The Morgan fingerprint density at radius 1 is 1.19 bits per heavy atom. The van der Waals surface area contributed by atoms with E-state index in [4.69, 9.17) is 4.74 Å². The van der Waals surface area contributed by atoms with Gasteiger partial charge in [0.25, 0.3) is 5.91 Å². The fourth-order valence-electron chi connectivity index (χ4n) is 4.64. The molecule has 1 N–H and O–H groups in total. The van der Waals surface area contributed by atoms with Crippen LogP contribution in [0.5, 0.6) is 5.75 Å². The molecule has 1 aliphatic rings. The lowest BCUT2D eigenvalue weighted by atomic mass is 9.96. The summed E-state index contributed by atoms with van der Waals surface area (Å²) in [6.45, 7) is 6.87. The van der Waals surface area contributed by atoms with E-state index < -0.39 is 0 Å². The Labute approximate surface area is 192 Å². The van der Waals surface area contributed by atoms with E-state index in [-0.39, 0.29) is 13.3 Å². The molecular weight excluding hydrogens is 398 g/mol. The van der Waals surface area contributed by atoms with Crippen molar-refractivity contribution in [2.75, 3.05) is 39.8 Å². The number of ether oxygens (including phenoxy) is 1. The topological polar surface area (TPSA) is 48.6 Å². The highest BCUT2D eigenvalue weighted by Crippen LogP contribution is 2.21. The van der Waals surface area contributed by atoms with Gasteiger partial charge in [-0.15, -0.1) is 0 Å². The van der Waals surface area contributed by atoms with E-state index in [1.165, 1.54) is 18.4 Å². The molecule has 1 atom stereocenters. The number of aromatic nitrogens is 1. The van der Waals surface area contributed by atoms with Gasteiger partial charge in [-0.3, -0.25) is 4.79 Å². The Morgan fingerprint density at radius 2 is 2.03 bits per heavy atom. The molecule has 1 saturated heterocycles. The van der Waals surface area contributed by atoms with Gasteiger partial charge in [0, 0.05) is 37.1 Å². The largest absolute Gasteiger partial charge is 0.497 e. The number of fused-ring (bicyclic) bond motifs is 1. The van der Waals surface area contributed by atoms with Crippen molar-refractivity contribution in [1.29, 1.82) is 0 Å². The molecule has 0 bridgehead atoms. The lowest BCUT2D eigenvalue weighted by molar-refractivity contribution is 0.0686. The molecule has 1 aliphatic heterocycles. The predicted molar refractivity (Wildman–Crippen MR) is 132 cm³/mol. The van der Waals surface area contributed by atoms with Crippen LogP contribution in [0.3, 0.4) is 0 Å². The van der Waals surface area contributed by atoms with E-state index in [9.17, 15) is 4.79 Å². The number of methoxy groups -OCH3 is 1. The summed E-state index contributed by atoms with van der Waals surface area (Å²) < 4.78 is 5.34. The monoisotopic (exact) mass is 435 g/mol. The molecular formula is C27H37N3O2. The summed E-state index contributed by atoms with van der Waals surface area (Å²) in [5.74, 6) is 1.54. The second-order valence-electron chi connectivity index (χ2n) is 8.52. The summed E-state index contributed by atoms with van der Waals surface area (Å²) in [6, 6.07) is 18.4. The molecule has 3 aromatic rings. The normalized spacial score (nSPS) is 16.5. The third-order valence-corrected chi connectivity index (χ3v) is 6.36. The summed E-state index contributed by atoms with van der Waals surface area (Å²) >= 11 is 0. The van der Waals surface area contributed by atoms with Gasteiger partial charge in [-0.2, -0.15) is 0 Å². The van der Waals surface area contributed by atoms with E-state index in [2.05, 4.69) is 35.0 Å². The minimum absolute atomic E-state index is 0. The van der Waals surface area contributed by atoms with Crippen LogP contribution in [-0.4, -0.2) is 60.5 Å². The first kappa shape index (κ1) is 23.9. The highest BCUT2D eigenvalue weighted by atomic mass is 16.5. The summed E-state index contributed by atoms with van der Waals surface area (Å²) in [5, 5.41) is 1.09. The van der Waals surface area contributed by atoms with Crippen molar-refractivity contribution in [2.24, 2.45) is 5.92 Å². The number of hydrogen-bond acceptors (Lipinski definition) is 3. The summed E-state index contributed by atoms with van der Waals surface area (Å²) in [5.41, 5.74) is 3.02. The third-order valence-electron chi connectivity index (χ3n) is 6.36. The van der Waals surface area contributed by atoms with E-state index >= 15 is 0 Å². The standard InChI is InChI=1S/C26H33N3O2.CH4/c1-3-29(26(30)25-17-22-10-4-5-12-24(22)27-25)19-21-9-7-14-28(18-21)15-13-20-8-6-11-23(16-20)31-2;/h4-6,8,10-12,16-17,21,27H,3,7,9,13-15,18-19H2,1-2H3;1H4. The minimum Gasteiger partial charge on any atom is -0.497 e. The van der Waals surface area contributed by atoms with Crippen LogP contribution in [-0.2, 0) is 6.42 Å². The van der Waals surface area contributed by atoms with Crippen molar-refractivity contribution in [2.45, 2.75) is 33.6 Å². The number of hydrogen-bond donors (Lipinski definition) is 1. The maximum absolute atomic E-state index is 13.1. The van der Waals surface area contributed by atoms with E-state index in [1.807, 2.05) is 41.3 Å². The van der Waals surface area contributed by atoms with Gasteiger partial charge in [0.05, 0.1) is 7.11 Å². The molecule has 1 amide bonds. The third kappa shape index (κ3) is 5.71. The Balaban J connectivity index is 0.00000289. The number of nitrogens with zero attached hydrogens (tertiary/aromatic N) is 2. The first-order valence-corrected chi connectivity index (χ1v) is 11.4. The number of carbonyl (C=O) groups excluding carboxylic acids is 1. The lowest BCUT2D eigenvalue weighted by Crippen LogP contribution is -2.43. The highest BCUT2D eigenvalue weighted by molar-refractivity contribution is 5.98. The number of para-hydroxylation sites is 1. The smallest absolute Gasteiger partial charge is 0.270 e. The molecule has 0 aliphatic carbocycles. The van der Waals surface area contributed by atoms with Crippen molar-refractivity contribution >= 4 is 16.8 Å². The van der Waals surface area contributed by atoms with Crippen LogP contribution in [0, 0.1) is 5.92 Å². The molecule has 0 spiro atoms. The van der Waals surface area contributed by atoms with Crippen LogP contribution in [0.1, 0.15) is 43.2 Å². The molecule has 0 radical (unpaired) electrons. The average molecular weight is 436 g/mol. The fourth-order valence-corrected chi connectivity index (χ4v) is 4.64. The summed E-state index contributed by atoms with van der Waals surface area (Å²) in [4.78, 5) is 21.0. The average Bonchev–Trinajstić information content (AvgIpc) is 3.25. The van der Waals surface area contributed by atoms with E-state index in [0.717, 1.165) is 55.8 Å². The molecule has 5 nitrogen and oxygen atoms in total. The highest BCUT2D eigenvalue weighted by Gasteiger charge is 2.25. The van der Waals surface area contributed by atoms with Crippen LogP contribution >= 0.6 is 0 Å². The van der Waals surface area contributed by atoms with Crippen molar-refractivity contribution in [3.8, 4) is 5.75 Å². The first-order valence-electron chi connectivity index (χ1n) is 11.4. The fraction of sp³-hybridized carbons (Fsp3) is 0.444. The molecule has 1 aromatic heterocycles. The van der Waals surface area contributed by atoms with Crippen LogP contribution in [0.15, 0.2) is 54.6 Å². The van der Waals surface area contributed by atoms with Gasteiger partial charge >= 0.3 is 0 Å². The van der Waals surface area contributed by atoms with Crippen LogP contribution in [0.2, 0.25) is 0 Å². The van der Waals surface area contributed by atoms with Gasteiger partial charge in [0.2, 0.25) is 0 Å². The van der Waals surface area contributed by atoms with Crippen molar-refractivity contribution < 1.29 is 9.53 Å². The summed E-state index contributed by atoms with van der Waals surface area (Å²) in [7, 11) is 1.71. The molecule has 2 aromatic carbocycles. The van der Waals surface area contributed by atoms with Crippen LogP contribution < -0.4 is 4.74 Å². The number of nitrogens with one attached hydrogen (secondary N) is 1. The van der Waals surface area contributed by atoms with Crippen molar-refractivity contribution in [3.05, 3.63) is 65.9 Å². The van der Waals surface area contributed by atoms with Gasteiger partial charge in [-0.25, -0.2) is 0 Å². The van der Waals surface area contributed by atoms with E-state index in [1.54, 1.807) is 7.11 Å². The first-order chi connectivity index (χ1) is 15.2. The van der Waals surface area contributed by atoms with Gasteiger partial charge in [-0.05, 0) is 68.5 Å². The Hall–Kier alpha value is -2.79. The molecule has 172 valence electrons. The maximum atomic E-state index is 13.1. The van der Waals surface area contributed by atoms with Gasteiger partial charge in [0.1, 0.15) is 11.4 Å². The molecule has 5 heteroatoms. The van der Waals surface area contributed by atoms with E-state index in [0.29, 0.717) is 11.6 Å². The molecule has 2 heterocycles. The Kier molecular flexibility index (Phi) is 8.34. The quantitative estimate of drug-likeness (QED) is 0.527. The number of carbonyl (C=O) groups is 1. The number of piperidine rings is 1. The second kappa shape index (κ2) is 11.2. The zero-order valence-corrected chi connectivity index (χ0v) is 18.6. The minimum atomic E-state index is 0. The number of likely N-dealkylation sites (tertiary alicyclic amines) is 1. The molecule has 4 rings (SSSR count). The summed E-state index contributed by atoms with van der Waals surface area (Å²) in [6.07, 6.45) is 3.41. The Bertz CT molecular complexity index is 980. The number of benzene rings is 2. The van der Waals surface area contributed by atoms with Crippen LogP contribution in [0.25, 0.3) is 10.9 Å². The lowest BCUT2D eigenvalue weighted by Gasteiger charge is -2.35. The number of aromatic amines is 1. The molecule has 0 saturated carbocycles. The number of H-pyrrole nitrogens is 1. The van der Waals surface area contributed by atoms with Gasteiger partial charge in [-0.1, -0.05) is 37.8 Å². The zero-order valence-electron chi connectivity index (χ0n) is 18.6. The Morgan fingerprint density at radius 3 is 2.81 bits per heavy atom. The maximum Gasteiger partial charge on any atom is 0.270 e. The van der Waals surface area contributed by atoms with Crippen LogP contribution in [0.4, 0.5) is 0 Å². The van der Waals surface area contributed by atoms with Gasteiger partial charge in [0.15, 0.2) is 0 Å². The number of rotatable bonds is 8. The van der Waals surface area contributed by atoms with Gasteiger partial charge < -0.3 is 19.5 Å². The molecule has 32 heavy (non-hydrogen) atoms. The molecule has 1 unspecified atom stereocenters. The SMILES string of the molecule is C.CCN(CC1CCCN(CCc2cccc(OC)c2)C1)C(=O)c1cc2ccccc2[nH]1.